The molecule has 0 atom stereocenters. The van der Waals surface area contributed by atoms with Gasteiger partial charge in [-0.3, -0.25) is 4.79 Å². The molecule has 2 aromatic carbocycles. The third kappa shape index (κ3) is 3.00. The quantitative estimate of drug-likeness (QED) is 0.767. The predicted octanol–water partition coefficient (Wildman–Crippen LogP) is 3.69. The lowest BCUT2D eigenvalue weighted by atomic mass is 10.1. The van der Waals surface area contributed by atoms with Crippen LogP contribution in [0.25, 0.3) is 23.2 Å². The summed E-state index contributed by atoms with van der Waals surface area (Å²) in [7, 11) is 0. The van der Waals surface area contributed by atoms with Crippen LogP contribution in [0.4, 0.5) is 5.69 Å². The molecule has 0 saturated carbocycles. The molecule has 3 aromatic rings. The average Bonchev–Trinajstić information content (AvgIpc) is 2.88. The van der Waals surface area contributed by atoms with Gasteiger partial charge in [0.15, 0.2) is 0 Å². The van der Waals surface area contributed by atoms with Crippen molar-refractivity contribution in [3.63, 3.8) is 0 Å². The number of hydrogen-bond acceptors (Lipinski definition) is 2. The van der Waals surface area contributed by atoms with Crippen LogP contribution in [-0.4, -0.2) is 15.9 Å². The standard InChI is InChI=1S/C17H15N3O/c1-12(21)18-14-7-3-2-6-13(14)10-11-17-19-15-8-4-5-9-16(15)20-17/h2-11H,1H3,(H,18,21)(H,19,20). The van der Waals surface area contributed by atoms with Gasteiger partial charge in [0.25, 0.3) is 0 Å². The van der Waals surface area contributed by atoms with Gasteiger partial charge in [-0.1, -0.05) is 30.3 Å². The molecule has 0 aliphatic heterocycles. The van der Waals surface area contributed by atoms with Crippen LogP contribution in [0.5, 0.6) is 0 Å². The summed E-state index contributed by atoms with van der Waals surface area (Å²) in [6.07, 6.45) is 3.84. The third-order valence-electron chi connectivity index (χ3n) is 3.10. The molecule has 2 N–H and O–H groups in total. The number of carbonyl (C=O) groups is 1. The first kappa shape index (κ1) is 13.1. The van der Waals surface area contributed by atoms with Crippen LogP contribution in [0.3, 0.4) is 0 Å². The van der Waals surface area contributed by atoms with E-state index in [0.717, 1.165) is 28.1 Å². The Hall–Kier alpha value is -2.88. The number of carbonyl (C=O) groups excluding carboxylic acids is 1. The highest BCUT2D eigenvalue weighted by atomic mass is 16.1. The first-order valence-corrected chi connectivity index (χ1v) is 6.72. The van der Waals surface area contributed by atoms with E-state index < -0.39 is 0 Å². The Kier molecular flexibility index (Phi) is 3.51. The number of amides is 1. The fourth-order valence-electron chi connectivity index (χ4n) is 2.17. The number of para-hydroxylation sites is 3. The summed E-state index contributed by atoms with van der Waals surface area (Å²) in [6.45, 7) is 1.50. The van der Waals surface area contributed by atoms with Crippen molar-refractivity contribution >= 4 is 34.8 Å². The highest BCUT2D eigenvalue weighted by Gasteiger charge is 2.01. The van der Waals surface area contributed by atoms with Gasteiger partial charge in [0.05, 0.1) is 11.0 Å². The molecule has 0 fully saturated rings. The minimum absolute atomic E-state index is 0.0837. The summed E-state index contributed by atoms with van der Waals surface area (Å²) < 4.78 is 0. The summed E-state index contributed by atoms with van der Waals surface area (Å²) in [5.74, 6) is 0.702. The Labute approximate surface area is 122 Å². The van der Waals surface area contributed by atoms with Crippen molar-refractivity contribution in [1.29, 1.82) is 0 Å². The molecule has 1 amide bonds. The van der Waals surface area contributed by atoms with Gasteiger partial charge < -0.3 is 10.3 Å². The monoisotopic (exact) mass is 277 g/mol. The van der Waals surface area contributed by atoms with E-state index in [9.17, 15) is 4.79 Å². The number of anilines is 1. The van der Waals surface area contributed by atoms with Gasteiger partial charge in [0.2, 0.25) is 5.91 Å². The summed E-state index contributed by atoms with van der Waals surface area (Å²) >= 11 is 0. The largest absolute Gasteiger partial charge is 0.338 e. The molecule has 0 aliphatic rings. The number of nitrogens with one attached hydrogen (secondary N) is 2. The minimum Gasteiger partial charge on any atom is -0.338 e. The number of fused-ring (bicyclic) bond motifs is 1. The van der Waals surface area contributed by atoms with Crippen molar-refractivity contribution in [3.05, 3.63) is 59.9 Å². The van der Waals surface area contributed by atoms with Gasteiger partial charge in [-0.2, -0.15) is 0 Å². The SMILES string of the molecule is CC(=O)Nc1ccccc1C=Cc1nc2ccccc2[nH]1. The number of hydrogen-bond donors (Lipinski definition) is 2. The summed E-state index contributed by atoms with van der Waals surface area (Å²) in [6, 6.07) is 15.5. The lowest BCUT2D eigenvalue weighted by molar-refractivity contribution is -0.114. The maximum atomic E-state index is 11.2. The fraction of sp³-hybridized carbons (Fsp3) is 0.0588. The van der Waals surface area contributed by atoms with Gasteiger partial charge in [-0.15, -0.1) is 0 Å². The number of H-pyrrole nitrogens is 1. The highest BCUT2D eigenvalue weighted by molar-refractivity contribution is 5.92. The Morgan fingerprint density at radius 1 is 1.10 bits per heavy atom. The molecule has 0 unspecified atom stereocenters. The van der Waals surface area contributed by atoms with E-state index in [2.05, 4.69) is 15.3 Å². The molecular formula is C17H15N3O. The maximum absolute atomic E-state index is 11.2. The molecule has 0 bridgehead atoms. The van der Waals surface area contributed by atoms with Crippen molar-refractivity contribution in [1.82, 2.24) is 9.97 Å². The average molecular weight is 277 g/mol. The maximum Gasteiger partial charge on any atom is 0.221 e. The minimum atomic E-state index is -0.0837. The van der Waals surface area contributed by atoms with E-state index in [1.807, 2.05) is 60.7 Å². The van der Waals surface area contributed by atoms with Gasteiger partial charge in [-0.25, -0.2) is 4.98 Å². The third-order valence-corrected chi connectivity index (χ3v) is 3.10. The molecule has 0 spiro atoms. The molecule has 0 radical (unpaired) electrons. The van der Waals surface area contributed by atoms with Crippen molar-refractivity contribution in [3.8, 4) is 0 Å². The molecule has 0 aliphatic carbocycles. The molecule has 4 heteroatoms. The molecule has 21 heavy (non-hydrogen) atoms. The van der Waals surface area contributed by atoms with E-state index >= 15 is 0 Å². The number of rotatable bonds is 3. The van der Waals surface area contributed by atoms with Crippen LogP contribution in [0.2, 0.25) is 0 Å². The van der Waals surface area contributed by atoms with Gasteiger partial charge in [0, 0.05) is 12.6 Å². The van der Waals surface area contributed by atoms with E-state index in [1.54, 1.807) is 0 Å². The zero-order chi connectivity index (χ0) is 14.7. The van der Waals surface area contributed by atoms with Gasteiger partial charge >= 0.3 is 0 Å². The first-order chi connectivity index (χ1) is 10.2. The summed E-state index contributed by atoms with van der Waals surface area (Å²) in [5.41, 5.74) is 3.67. The van der Waals surface area contributed by atoms with E-state index in [1.165, 1.54) is 6.92 Å². The lowest BCUT2D eigenvalue weighted by Gasteiger charge is -2.05. The molecule has 4 nitrogen and oxygen atoms in total. The topological polar surface area (TPSA) is 57.8 Å². The summed E-state index contributed by atoms with van der Waals surface area (Å²) in [4.78, 5) is 18.9. The zero-order valence-corrected chi connectivity index (χ0v) is 11.6. The van der Waals surface area contributed by atoms with Crippen LogP contribution in [0.1, 0.15) is 18.3 Å². The number of imidazole rings is 1. The van der Waals surface area contributed by atoms with Crippen molar-refractivity contribution < 1.29 is 4.79 Å². The van der Waals surface area contributed by atoms with Crippen LogP contribution < -0.4 is 5.32 Å². The Bertz CT molecular complexity index is 785. The van der Waals surface area contributed by atoms with Crippen LogP contribution in [0, 0.1) is 0 Å². The van der Waals surface area contributed by atoms with Crippen molar-refractivity contribution in [2.75, 3.05) is 5.32 Å². The molecule has 104 valence electrons. The van der Waals surface area contributed by atoms with E-state index in [-0.39, 0.29) is 5.91 Å². The molecular weight excluding hydrogens is 262 g/mol. The number of aromatic nitrogens is 2. The van der Waals surface area contributed by atoms with Crippen molar-refractivity contribution in [2.45, 2.75) is 6.92 Å². The second kappa shape index (κ2) is 5.63. The molecule has 1 aromatic heterocycles. The lowest BCUT2D eigenvalue weighted by Crippen LogP contribution is -2.06. The molecule has 1 heterocycles. The number of nitrogens with zero attached hydrogens (tertiary/aromatic N) is 1. The van der Waals surface area contributed by atoms with Gasteiger partial charge in [-0.05, 0) is 35.9 Å². The summed E-state index contributed by atoms with van der Waals surface area (Å²) in [5, 5.41) is 2.82. The van der Waals surface area contributed by atoms with Crippen molar-refractivity contribution in [2.24, 2.45) is 0 Å². The zero-order valence-electron chi connectivity index (χ0n) is 11.6. The van der Waals surface area contributed by atoms with Crippen LogP contribution in [-0.2, 0) is 4.79 Å². The molecule has 3 rings (SSSR count). The smallest absolute Gasteiger partial charge is 0.221 e. The van der Waals surface area contributed by atoms with Crippen LogP contribution in [0.15, 0.2) is 48.5 Å². The second-order valence-electron chi connectivity index (χ2n) is 4.74. The highest BCUT2D eigenvalue weighted by Crippen LogP contribution is 2.18. The normalized spacial score (nSPS) is 11.1. The number of aromatic amines is 1. The fourth-order valence-corrected chi connectivity index (χ4v) is 2.17. The second-order valence-corrected chi connectivity index (χ2v) is 4.74. The van der Waals surface area contributed by atoms with Crippen LogP contribution >= 0.6 is 0 Å². The Balaban J connectivity index is 1.90. The molecule has 0 saturated heterocycles. The number of benzene rings is 2. The van der Waals surface area contributed by atoms with Gasteiger partial charge in [0.1, 0.15) is 5.82 Å². The van der Waals surface area contributed by atoms with E-state index in [0.29, 0.717) is 0 Å². The Morgan fingerprint density at radius 3 is 2.67 bits per heavy atom. The Morgan fingerprint density at radius 2 is 1.86 bits per heavy atom. The predicted molar refractivity (Wildman–Crippen MR) is 85.8 cm³/mol. The first-order valence-electron chi connectivity index (χ1n) is 6.72. The van der Waals surface area contributed by atoms with E-state index in [4.69, 9.17) is 0 Å².